The number of likely N-dealkylation sites (tertiary alicyclic amines) is 1. The minimum absolute atomic E-state index is 0.123. The number of carbonyl (C=O) groups excluding carboxylic acids is 1. The van der Waals surface area contributed by atoms with Crippen LogP contribution in [0.1, 0.15) is 15.9 Å². The van der Waals surface area contributed by atoms with Crippen molar-refractivity contribution in [1.82, 2.24) is 25.4 Å². The number of carbonyl (C=O) groups is 1. The van der Waals surface area contributed by atoms with Crippen molar-refractivity contribution in [2.24, 2.45) is 4.99 Å². The average molecular weight is 423 g/mol. The number of amides is 1. The van der Waals surface area contributed by atoms with Crippen molar-refractivity contribution in [3.63, 3.8) is 0 Å². The summed E-state index contributed by atoms with van der Waals surface area (Å²) in [6.07, 6.45) is 3.40. The first-order valence-corrected chi connectivity index (χ1v) is 10.8. The highest BCUT2D eigenvalue weighted by Crippen LogP contribution is 2.24. The standard InChI is InChI=1S/C23H30N6O2/c1-24-23(27-11-10-26-22(30)19-8-5-9-25-14-19)29-16-20-21(17-29)31-13-12-28(20)15-18-6-3-2-4-7-18/h2-9,14,20-21H,10-13,15-17H2,1H3,(H,24,27)(H,26,30). The third-order valence-corrected chi connectivity index (χ3v) is 5.77. The van der Waals surface area contributed by atoms with Gasteiger partial charge in [-0.15, -0.1) is 0 Å². The molecule has 3 heterocycles. The Morgan fingerprint density at radius 1 is 1.16 bits per heavy atom. The molecular formula is C23H30N6O2. The molecule has 2 aliphatic rings. The lowest BCUT2D eigenvalue weighted by atomic mass is 10.1. The molecule has 0 spiro atoms. The molecule has 2 saturated heterocycles. The van der Waals surface area contributed by atoms with Crippen molar-refractivity contribution in [3.8, 4) is 0 Å². The van der Waals surface area contributed by atoms with E-state index >= 15 is 0 Å². The first-order valence-electron chi connectivity index (χ1n) is 10.8. The van der Waals surface area contributed by atoms with Gasteiger partial charge in [-0.05, 0) is 17.7 Å². The molecule has 8 heteroatoms. The van der Waals surface area contributed by atoms with Crippen LogP contribution in [0.4, 0.5) is 0 Å². The summed E-state index contributed by atoms with van der Waals surface area (Å²) in [7, 11) is 1.79. The van der Waals surface area contributed by atoms with E-state index in [0.717, 1.165) is 38.7 Å². The van der Waals surface area contributed by atoms with Gasteiger partial charge in [-0.25, -0.2) is 0 Å². The molecule has 2 aromatic rings. The van der Waals surface area contributed by atoms with E-state index in [-0.39, 0.29) is 12.0 Å². The Balaban J connectivity index is 1.27. The molecule has 164 valence electrons. The number of hydrogen-bond donors (Lipinski definition) is 2. The molecule has 8 nitrogen and oxygen atoms in total. The Bertz CT molecular complexity index is 876. The summed E-state index contributed by atoms with van der Waals surface area (Å²) in [5.74, 6) is 0.718. The maximum atomic E-state index is 12.1. The van der Waals surface area contributed by atoms with Crippen LogP contribution in [0.2, 0.25) is 0 Å². The van der Waals surface area contributed by atoms with Gasteiger partial charge in [0, 0.05) is 58.7 Å². The van der Waals surface area contributed by atoms with E-state index in [1.54, 1.807) is 31.6 Å². The summed E-state index contributed by atoms with van der Waals surface area (Å²) >= 11 is 0. The topological polar surface area (TPSA) is 82.1 Å². The molecule has 0 saturated carbocycles. The predicted molar refractivity (Wildman–Crippen MR) is 120 cm³/mol. The van der Waals surface area contributed by atoms with E-state index in [2.05, 4.69) is 60.7 Å². The number of nitrogens with zero attached hydrogens (tertiary/aromatic N) is 4. The van der Waals surface area contributed by atoms with Crippen LogP contribution in [0.25, 0.3) is 0 Å². The number of nitrogens with one attached hydrogen (secondary N) is 2. The molecule has 0 aliphatic carbocycles. The Labute approximate surface area is 183 Å². The monoisotopic (exact) mass is 422 g/mol. The number of pyridine rings is 1. The molecule has 1 aromatic carbocycles. The van der Waals surface area contributed by atoms with E-state index < -0.39 is 0 Å². The number of aromatic nitrogens is 1. The summed E-state index contributed by atoms with van der Waals surface area (Å²) in [5, 5.41) is 6.27. The van der Waals surface area contributed by atoms with E-state index in [1.165, 1.54) is 5.56 Å². The number of guanidine groups is 1. The van der Waals surface area contributed by atoms with Crippen LogP contribution in [-0.4, -0.2) is 85.2 Å². The molecule has 1 aromatic heterocycles. The molecule has 4 rings (SSSR count). The van der Waals surface area contributed by atoms with Crippen molar-refractivity contribution in [3.05, 3.63) is 66.0 Å². The maximum Gasteiger partial charge on any atom is 0.252 e. The Kier molecular flexibility index (Phi) is 7.11. The SMILES string of the molecule is CN=C(NCCNC(=O)c1cccnc1)N1CC2OCCN(Cc3ccccc3)C2C1. The normalized spacial score (nSPS) is 21.6. The smallest absolute Gasteiger partial charge is 0.252 e. The number of morpholine rings is 1. The number of aliphatic imine (C=N–C) groups is 1. The lowest BCUT2D eigenvalue weighted by Crippen LogP contribution is -2.50. The Morgan fingerprint density at radius 2 is 2.00 bits per heavy atom. The van der Waals surface area contributed by atoms with Gasteiger partial charge in [-0.2, -0.15) is 0 Å². The van der Waals surface area contributed by atoms with Crippen molar-refractivity contribution >= 4 is 11.9 Å². The van der Waals surface area contributed by atoms with Crippen LogP contribution in [0, 0.1) is 0 Å². The third-order valence-electron chi connectivity index (χ3n) is 5.77. The number of benzene rings is 1. The second kappa shape index (κ2) is 10.4. The van der Waals surface area contributed by atoms with Gasteiger partial charge in [0.15, 0.2) is 5.96 Å². The van der Waals surface area contributed by atoms with Gasteiger partial charge < -0.3 is 20.3 Å². The zero-order valence-corrected chi connectivity index (χ0v) is 17.9. The van der Waals surface area contributed by atoms with Crippen LogP contribution >= 0.6 is 0 Å². The van der Waals surface area contributed by atoms with Gasteiger partial charge in [-0.1, -0.05) is 30.3 Å². The fourth-order valence-corrected chi connectivity index (χ4v) is 4.23. The molecule has 0 radical (unpaired) electrons. The number of ether oxygens (including phenoxy) is 1. The van der Waals surface area contributed by atoms with E-state index in [1.807, 2.05) is 0 Å². The second-order valence-corrected chi connectivity index (χ2v) is 7.81. The van der Waals surface area contributed by atoms with Crippen LogP contribution in [0.5, 0.6) is 0 Å². The summed E-state index contributed by atoms with van der Waals surface area (Å²) in [6.45, 7) is 5.43. The lowest BCUT2D eigenvalue weighted by Gasteiger charge is -2.36. The van der Waals surface area contributed by atoms with E-state index in [4.69, 9.17) is 4.74 Å². The second-order valence-electron chi connectivity index (χ2n) is 7.81. The first-order chi connectivity index (χ1) is 15.2. The van der Waals surface area contributed by atoms with E-state index in [0.29, 0.717) is 24.7 Å². The molecule has 2 N–H and O–H groups in total. The van der Waals surface area contributed by atoms with Gasteiger partial charge in [0.2, 0.25) is 0 Å². The number of fused-ring (bicyclic) bond motifs is 1. The largest absolute Gasteiger partial charge is 0.373 e. The van der Waals surface area contributed by atoms with Crippen LogP contribution in [-0.2, 0) is 11.3 Å². The molecule has 1 amide bonds. The zero-order chi connectivity index (χ0) is 21.5. The van der Waals surface area contributed by atoms with Crippen LogP contribution in [0.15, 0.2) is 59.9 Å². The van der Waals surface area contributed by atoms with Gasteiger partial charge >= 0.3 is 0 Å². The highest BCUT2D eigenvalue weighted by atomic mass is 16.5. The Hall–Kier alpha value is -2.97. The molecule has 2 aliphatic heterocycles. The summed E-state index contributed by atoms with van der Waals surface area (Å²) in [6, 6.07) is 14.4. The Morgan fingerprint density at radius 3 is 2.77 bits per heavy atom. The quantitative estimate of drug-likeness (QED) is 0.410. The van der Waals surface area contributed by atoms with Gasteiger partial charge in [-0.3, -0.25) is 19.7 Å². The molecule has 2 fully saturated rings. The maximum absolute atomic E-state index is 12.1. The molecule has 31 heavy (non-hydrogen) atoms. The molecule has 2 atom stereocenters. The summed E-state index contributed by atoms with van der Waals surface area (Å²) in [4.78, 5) is 25.3. The fourth-order valence-electron chi connectivity index (χ4n) is 4.23. The predicted octanol–water partition coefficient (Wildman–Crippen LogP) is 0.972. The zero-order valence-electron chi connectivity index (χ0n) is 17.9. The fraction of sp³-hybridized carbons (Fsp3) is 0.435. The van der Waals surface area contributed by atoms with Crippen molar-refractivity contribution < 1.29 is 9.53 Å². The van der Waals surface area contributed by atoms with Gasteiger partial charge in [0.1, 0.15) is 0 Å². The lowest BCUT2D eigenvalue weighted by molar-refractivity contribution is -0.0502. The molecule has 2 unspecified atom stereocenters. The number of hydrogen-bond acceptors (Lipinski definition) is 5. The van der Waals surface area contributed by atoms with Crippen LogP contribution in [0.3, 0.4) is 0 Å². The minimum atomic E-state index is -0.123. The van der Waals surface area contributed by atoms with E-state index in [9.17, 15) is 4.79 Å². The van der Waals surface area contributed by atoms with Crippen molar-refractivity contribution in [2.45, 2.75) is 18.7 Å². The molecule has 0 bridgehead atoms. The van der Waals surface area contributed by atoms with Crippen molar-refractivity contribution in [2.75, 3.05) is 46.4 Å². The summed E-state index contributed by atoms with van der Waals surface area (Å²) < 4.78 is 6.07. The summed E-state index contributed by atoms with van der Waals surface area (Å²) in [5.41, 5.74) is 1.89. The average Bonchev–Trinajstić information content (AvgIpc) is 3.25. The van der Waals surface area contributed by atoms with Gasteiger partial charge in [0.05, 0.1) is 24.3 Å². The highest BCUT2D eigenvalue weighted by Gasteiger charge is 2.41. The minimum Gasteiger partial charge on any atom is -0.373 e. The highest BCUT2D eigenvalue weighted by molar-refractivity contribution is 5.93. The third kappa shape index (κ3) is 5.39. The van der Waals surface area contributed by atoms with Gasteiger partial charge in [0.25, 0.3) is 5.91 Å². The molecular weight excluding hydrogens is 392 g/mol. The van der Waals surface area contributed by atoms with Crippen LogP contribution < -0.4 is 10.6 Å². The van der Waals surface area contributed by atoms with Crippen molar-refractivity contribution in [1.29, 1.82) is 0 Å². The number of rotatable bonds is 6. The first kappa shape index (κ1) is 21.3.